The van der Waals surface area contributed by atoms with Gasteiger partial charge in [0.1, 0.15) is 28.9 Å². The van der Waals surface area contributed by atoms with Crippen molar-refractivity contribution in [2.75, 3.05) is 14.2 Å². The van der Waals surface area contributed by atoms with E-state index >= 15 is 0 Å². The summed E-state index contributed by atoms with van der Waals surface area (Å²) in [5.74, 6) is 0.719. The molecule has 1 heterocycles. The molecule has 0 saturated heterocycles. The third-order valence-electron chi connectivity index (χ3n) is 4.03. The highest BCUT2D eigenvalue weighted by Crippen LogP contribution is 2.25. The smallest absolute Gasteiger partial charge is 0.312 e. The van der Waals surface area contributed by atoms with Gasteiger partial charge in [-0.25, -0.2) is 5.43 Å². The number of benzene rings is 1. The Labute approximate surface area is 155 Å². The largest absolute Gasteiger partial charge is 0.497 e. The van der Waals surface area contributed by atoms with Crippen molar-refractivity contribution in [1.82, 2.24) is 15.2 Å². The molecule has 0 saturated carbocycles. The summed E-state index contributed by atoms with van der Waals surface area (Å²) < 4.78 is 11.7. The number of carbonyl (C=O) groups is 1. The molecule has 1 aromatic carbocycles. The van der Waals surface area contributed by atoms with E-state index in [2.05, 4.69) is 15.6 Å². The van der Waals surface area contributed by atoms with Gasteiger partial charge < -0.3 is 9.47 Å². The van der Waals surface area contributed by atoms with Gasteiger partial charge in [0.25, 0.3) is 5.91 Å². The number of hydrazone groups is 1. The topological polar surface area (TPSA) is 121 Å². The van der Waals surface area contributed by atoms with Crippen molar-refractivity contribution in [3.8, 4) is 11.5 Å². The molecule has 1 atom stereocenters. The first kappa shape index (κ1) is 19.9. The maximum atomic E-state index is 12.3. The van der Waals surface area contributed by atoms with Crippen LogP contribution in [0.3, 0.4) is 0 Å². The number of rotatable bonds is 7. The highest BCUT2D eigenvalue weighted by atomic mass is 16.6. The number of hydrogen-bond donors (Lipinski definition) is 1. The minimum Gasteiger partial charge on any atom is -0.497 e. The van der Waals surface area contributed by atoms with Crippen molar-refractivity contribution in [3.05, 3.63) is 45.3 Å². The molecule has 144 valence electrons. The number of nitrogens with zero attached hydrogens (tertiary/aromatic N) is 4. The van der Waals surface area contributed by atoms with Crippen LogP contribution in [0.1, 0.15) is 29.9 Å². The second kappa shape index (κ2) is 8.30. The summed E-state index contributed by atoms with van der Waals surface area (Å²) >= 11 is 0. The van der Waals surface area contributed by atoms with Crippen LogP contribution in [0, 0.1) is 24.0 Å². The van der Waals surface area contributed by atoms with E-state index in [4.69, 9.17) is 9.47 Å². The van der Waals surface area contributed by atoms with Crippen molar-refractivity contribution in [2.45, 2.75) is 26.8 Å². The van der Waals surface area contributed by atoms with E-state index in [1.807, 2.05) is 0 Å². The Kier molecular flexibility index (Phi) is 6.11. The number of hydrogen-bond acceptors (Lipinski definition) is 7. The summed E-state index contributed by atoms with van der Waals surface area (Å²) in [6.07, 6.45) is 1.43. The maximum Gasteiger partial charge on any atom is 0.312 e. The molecule has 0 bridgehead atoms. The molecule has 0 radical (unpaired) electrons. The Bertz CT molecular complexity index is 890. The zero-order chi connectivity index (χ0) is 20.1. The van der Waals surface area contributed by atoms with Gasteiger partial charge in [-0.3, -0.25) is 19.6 Å². The fourth-order valence-corrected chi connectivity index (χ4v) is 2.61. The molecule has 0 fully saturated rings. The lowest BCUT2D eigenvalue weighted by molar-refractivity contribution is -0.386. The fraction of sp³-hybridized carbons (Fsp3) is 0.353. The highest BCUT2D eigenvalue weighted by molar-refractivity contribution is 5.86. The van der Waals surface area contributed by atoms with Gasteiger partial charge in [0.2, 0.25) is 0 Å². The number of amides is 1. The lowest BCUT2D eigenvalue weighted by Crippen LogP contribution is -2.28. The van der Waals surface area contributed by atoms with Gasteiger partial charge in [0, 0.05) is 5.56 Å². The third-order valence-corrected chi connectivity index (χ3v) is 4.03. The zero-order valence-corrected chi connectivity index (χ0v) is 15.7. The summed E-state index contributed by atoms with van der Waals surface area (Å²) in [5.41, 5.74) is 3.48. The summed E-state index contributed by atoms with van der Waals surface area (Å²) in [6.45, 7) is 4.66. The minimum absolute atomic E-state index is 0.0979. The van der Waals surface area contributed by atoms with Crippen molar-refractivity contribution < 1.29 is 19.2 Å². The summed E-state index contributed by atoms with van der Waals surface area (Å²) in [5, 5.41) is 19.1. The predicted octanol–water partition coefficient (Wildman–Crippen LogP) is 2.14. The SMILES string of the molecule is COc1ccc(OC)c(/C=N/NC(=O)C(C)n2nc(C)c([N+](=O)[O-])c2C)c1. The van der Waals surface area contributed by atoms with E-state index in [1.165, 1.54) is 24.9 Å². The van der Waals surface area contributed by atoms with Crippen molar-refractivity contribution >= 4 is 17.8 Å². The number of methoxy groups -OCH3 is 2. The summed E-state index contributed by atoms with van der Waals surface area (Å²) in [4.78, 5) is 22.9. The van der Waals surface area contributed by atoms with Gasteiger partial charge >= 0.3 is 5.69 Å². The molecule has 1 unspecified atom stereocenters. The number of aryl methyl sites for hydroxylation is 1. The van der Waals surface area contributed by atoms with Gasteiger partial charge in [-0.05, 0) is 39.0 Å². The minimum atomic E-state index is -0.776. The molecule has 0 spiro atoms. The van der Waals surface area contributed by atoms with E-state index < -0.39 is 16.9 Å². The Morgan fingerprint density at radius 1 is 1.37 bits per heavy atom. The lowest BCUT2D eigenvalue weighted by atomic mass is 10.2. The standard InChI is InChI=1S/C17H21N5O5/c1-10-16(22(24)25)11(2)21(20-10)12(3)17(23)19-18-9-13-8-14(26-4)6-7-15(13)27-5/h6-9,12H,1-5H3,(H,19,23)/b18-9+. The Balaban J connectivity index is 2.15. The van der Waals surface area contributed by atoms with E-state index in [0.29, 0.717) is 22.8 Å². The quantitative estimate of drug-likeness (QED) is 0.449. The van der Waals surface area contributed by atoms with Gasteiger partial charge in [0.05, 0.1) is 25.4 Å². The van der Waals surface area contributed by atoms with Crippen molar-refractivity contribution in [3.63, 3.8) is 0 Å². The first-order valence-corrected chi connectivity index (χ1v) is 8.05. The van der Waals surface area contributed by atoms with Crippen LogP contribution < -0.4 is 14.9 Å². The molecule has 1 aromatic heterocycles. The van der Waals surface area contributed by atoms with Crippen LogP contribution in [-0.4, -0.2) is 41.0 Å². The van der Waals surface area contributed by atoms with Gasteiger partial charge in [-0.15, -0.1) is 0 Å². The number of carbonyl (C=O) groups excluding carboxylic acids is 1. The molecule has 10 nitrogen and oxygen atoms in total. The number of nitrogens with one attached hydrogen (secondary N) is 1. The molecule has 2 rings (SSSR count). The fourth-order valence-electron chi connectivity index (χ4n) is 2.61. The van der Waals surface area contributed by atoms with Gasteiger partial charge in [-0.1, -0.05) is 0 Å². The van der Waals surface area contributed by atoms with E-state index in [1.54, 1.807) is 39.2 Å². The number of ether oxygens (including phenoxy) is 2. The second-order valence-electron chi connectivity index (χ2n) is 5.74. The Hall–Kier alpha value is -3.43. The highest BCUT2D eigenvalue weighted by Gasteiger charge is 2.26. The molecule has 0 aliphatic carbocycles. The molecule has 1 amide bonds. The summed E-state index contributed by atoms with van der Waals surface area (Å²) in [7, 11) is 3.06. The molecule has 0 aliphatic rings. The van der Waals surface area contributed by atoms with Crippen molar-refractivity contribution in [1.29, 1.82) is 0 Å². The molecule has 27 heavy (non-hydrogen) atoms. The molecule has 1 N–H and O–H groups in total. The van der Waals surface area contributed by atoms with Crippen LogP contribution in [0.4, 0.5) is 5.69 Å². The molecular formula is C17H21N5O5. The monoisotopic (exact) mass is 375 g/mol. The zero-order valence-electron chi connectivity index (χ0n) is 15.7. The van der Waals surface area contributed by atoms with Gasteiger partial charge in [0.15, 0.2) is 0 Å². The van der Waals surface area contributed by atoms with Crippen LogP contribution >= 0.6 is 0 Å². The number of nitro groups is 1. The van der Waals surface area contributed by atoms with E-state index in [0.717, 1.165) is 0 Å². The van der Waals surface area contributed by atoms with Crippen molar-refractivity contribution in [2.24, 2.45) is 5.10 Å². The van der Waals surface area contributed by atoms with E-state index in [-0.39, 0.29) is 11.4 Å². The summed E-state index contributed by atoms with van der Waals surface area (Å²) in [6, 6.07) is 4.40. The molecule has 0 aliphatic heterocycles. The molecule has 2 aromatic rings. The Morgan fingerprint density at radius 3 is 2.63 bits per heavy atom. The molecular weight excluding hydrogens is 354 g/mol. The van der Waals surface area contributed by atoms with E-state index in [9.17, 15) is 14.9 Å². The second-order valence-corrected chi connectivity index (χ2v) is 5.74. The Morgan fingerprint density at radius 2 is 2.07 bits per heavy atom. The van der Waals surface area contributed by atoms with Crippen LogP contribution in [0.25, 0.3) is 0 Å². The van der Waals surface area contributed by atoms with Crippen LogP contribution in [0.2, 0.25) is 0 Å². The maximum absolute atomic E-state index is 12.3. The average molecular weight is 375 g/mol. The number of aromatic nitrogens is 2. The third kappa shape index (κ3) is 4.22. The van der Waals surface area contributed by atoms with Crippen LogP contribution in [-0.2, 0) is 4.79 Å². The molecule has 10 heteroatoms. The van der Waals surface area contributed by atoms with Crippen LogP contribution in [0.5, 0.6) is 11.5 Å². The predicted molar refractivity (Wildman–Crippen MR) is 98.3 cm³/mol. The average Bonchev–Trinajstić information content (AvgIpc) is 2.95. The lowest BCUT2D eigenvalue weighted by Gasteiger charge is -2.12. The first-order chi connectivity index (χ1) is 12.8. The van der Waals surface area contributed by atoms with Crippen LogP contribution in [0.15, 0.2) is 23.3 Å². The van der Waals surface area contributed by atoms with Gasteiger partial charge in [-0.2, -0.15) is 10.2 Å². The normalized spacial score (nSPS) is 12.0. The first-order valence-electron chi connectivity index (χ1n) is 8.05.